The molecule has 0 bridgehead atoms. The summed E-state index contributed by atoms with van der Waals surface area (Å²) in [5, 5.41) is 2.70. The van der Waals surface area contributed by atoms with E-state index in [4.69, 9.17) is 0 Å². The van der Waals surface area contributed by atoms with Crippen LogP contribution >= 0.6 is 0 Å². The second-order valence-electron chi connectivity index (χ2n) is 6.18. The van der Waals surface area contributed by atoms with E-state index in [1.54, 1.807) is 6.07 Å². The number of carbonyl (C=O) groups excluding carboxylic acids is 1. The van der Waals surface area contributed by atoms with Crippen molar-refractivity contribution in [3.63, 3.8) is 0 Å². The van der Waals surface area contributed by atoms with E-state index in [1.165, 1.54) is 6.07 Å². The van der Waals surface area contributed by atoms with Crippen LogP contribution in [0.2, 0.25) is 0 Å². The molecule has 2 fully saturated rings. The van der Waals surface area contributed by atoms with Gasteiger partial charge in [0, 0.05) is 12.0 Å². The molecule has 1 N–H and O–H groups in total. The van der Waals surface area contributed by atoms with E-state index in [2.05, 4.69) is 5.32 Å². The number of halogens is 3. The van der Waals surface area contributed by atoms with Gasteiger partial charge in [-0.25, -0.2) is 8.42 Å². The molecule has 0 spiro atoms. The van der Waals surface area contributed by atoms with Crippen LogP contribution in [-0.4, -0.2) is 31.9 Å². The molecule has 0 unspecified atom stereocenters. The van der Waals surface area contributed by atoms with Gasteiger partial charge in [0.05, 0.1) is 17.1 Å². The Morgan fingerprint density at radius 1 is 1.26 bits per heavy atom. The smallest absolute Gasteiger partial charge is 0.352 e. The first-order chi connectivity index (χ1) is 10.7. The van der Waals surface area contributed by atoms with Gasteiger partial charge in [-0.2, -0.15) is 13.2 Å². The molecule has 1 saturated carbocycles. The molecule has 4 nitrogen and oxygen atoms in total. The lowest BCUT2D eigenvalue weighted by Gasteiger charge is -2.11. The van der Waals surface area contributed by atoms with E-state index >= 15 is 0 Å². The highest BCUT2D eigenvalue weighted by atomic mass is 32.2. The highest BCUT2D eigenvalue weighted by Crippen LogP contribution is 2.48. The molecule has 1 amide bonds. The van der Waals surface area contributed by atoms with Crippen molar-refractivity contribution in [2.75, 3.05) is 11.5 Å². The van der Waals surface area contributed by atoms with Gasteiger partial charge in [-0.15, -0.1) is 0 Å². The van der Waals surface area contributed by atoms with Gasteiger partial charge in [0.1, 0.15) is 0 Å². The molecule has 23 heavy (non-hydrogen) atoms. The maximum atomic E-state index is 12.7. The minimum absolute atomic E-state index is 0.0559. The van der Waals surface area contributed by atoms with Crippen LogP contribution in [0.25, 0.3) is 0 Å². The Bertz CT molecular complexity index is 730. The maximum Gasteiger partial charge on any atom is 0.416 e. The minimum atomic E-state index is -4.40. The molecule has 1 aromatic rings. The lowest BCUT2D eigenvalue weighted by Crippen LogP contribution is -2.36. The van der Waals surface area contributed by atoms with E-state index in [9.17, 15) is 26.4 Å². The van der Waals surface area contributed by atoms with Gasteiger partial charge in [0.2, 0.25) is 5.91 Å². The Morgan fingerprint density at radius 2 is 2.00 bits per heavy atom. The van der Waals surface area contributed by atoms with Gasteiger partial charge in [-0.1, -0.05) is 18.2 Å². The Balaban J connectivity index is 1.62. The van der Waals surface area contributed by atoms with Crippen molar-refractivity contribution in [2.45, 2.75) is 31.0 Å². The second-order valence-corrected chi connectivity index (χ2v) is 8.41. The highest BCUT2D eigenvalue weighted by Gasteiger charge is 2.45. The van der Waals surface area contributed by atoms with E-state index < -0.39 is 21.6 Å². The van der Waals surface area contributed by atoms with Crippen LogP contribution in [-0.2, 0) is 20.8 Å². The number of carbonyl (C=O) groups is 1. The first-order valence-corrected chi connectivity index (χ1v) is 9.16. The van der Waals surface area contributed by atoms with Gasteiger partial charge in [-0.3, -0.25) is 4.79 Å². The summed E-state index contributed by atoms with van der Waals surface area (Å²) in [5.74, 6) is -0.856. The predicted molar refractivity (Wildman–Crippen MR) is 77.5 cm³/mol. The van der Waals surface area contributed by atoms with Gasteiger partial charge in [-0.05, 0) is 30.4 Å². The van der Waals surface area contributed by atoms with Crippen LogP contribution in [0.3, 0.4) is 0 Å². The van der Waals surface area contributed by atoms with Crippen molar-refractivity contribution < 1.29 is 26.4 Å². The zero-order valence-electron chi connectivity index (χ0n) is 12.1. The number of amides is 1. The molecule has 126 valence electrons. The summed E-state index contributed by atoms with van der Waals surface area (Å²) < 4.78 is 60.9. The predicted octanol–water partition coefficient (Wildman–Crippen LogP) is 2.11. The Kier molecular flexibility index (Phi) is 3.90. The summed E-state index contributed by atoms with van der Waals surface area (Å²) in [6.07, 6.45) is -3.51. The van der Waals surface area contributed by atoms with Crippen LogP contribution in [0.5, 0.6) is 0 Å². The summed E-state index contributed by atoms with van der Waals surface area (Å²) in [5.41, 5.74) is -0.220. The lowest BCUT2D eigenvalue weighted by atomic mass is 10.1. The normalized spacial score (nSPS) is 29.3. The van der Waals surface area contributed by atoms with E-state index in [0.29, 0.717) is 18.4 Å². The topological polar surface area (TPSA) is 63.2 Å². The van der Waals surface area contributed by atoms with Crippen LogP contribution < -0.4 is 5.32 Å². The SMILES string of the molecule is O=C(N[C@@H]1CCS(=O)(=O)C1)[C@@H]1C[C@@H]1c1cccc(C(F)(F)F)c1. The van der Waals surface area contributed by atoms with E-state index in [-0.39, 0.29) is 35.3 Å². The first-order valence-electron chi connectivity index (χ1n) is 7.34. The zero-order valence-corrected chi connectivity index (χ0v) is 13.0. The molecule has 8 heteroatoms. The van der Waals surface area contributed by atoms with E-state index in [0.717, 1.165) is 12.1 Å². The van der Waals surface area contributed by atoms with Gasteiger partial charge < -0.3 is 5.32 Å². The average Bonchev–Trinajstić information content (AvgIpc) is 3.18. The molecule has 2 aliphatic rings. The fourth-order valence-electron chi connectivity index (χ4n) is 3.02. The third-order valence-corrected chi connectivity index (χ3v) is 6.12. The fraction of sp³-hybridized carbons (Fsp3) is 0.533. The molecular formula is C15H16F3NO3S. The number of rotatable bonds is 3. The van der Waals surface area contributed by atoms with Crippen molar-refractivity contribution >= 4 is 15.7 Å². The Hall–Kier alpha value is -1.57. The lowest BCUT2D eigenvalue weighted by molar-refractivity contribution is -0.137. The maximum absolute atomic E-state index is 12.7. The van der Waals surface area contributed by atoms with Crippen molar-refractivity contribution in [3.05, 3.63) is 35.4 Å². The van der Waals surface area contributed by atoms with Gasteiger partial charge in [0.15, 0.2) is 9.84 Å². The largest absolute Gasteiger partial charge is 0.416 e. The van der Waals surface area contributed by atoms with Crippen molar-refractivity contribution in [1.29, 1.82) is 0 Å². The Labute approximate surface area is 132 Å². The molecular weight excluding hydrogens is 331 g/mol. The van der Waals surface area contributed by atoms with Crippen LogP contribution in [0.1, 0.15) is 29.9 Å². The summed E-state index contributed by atoms with van der Waals surface area (Å²) in [6.45, 7) is 0. The number of hydrogen-bond acceptors (Lipinski definition) is 3. The summed E-state index contributed by atoms with van der Waals surface area (Å²) in [7, 11) is -3.07. The fourth-order valence-corrected chi connectivity index (χ4v) is 4.69. The molecule has 3 rings (SSSR count). The number of alkyl halides is 3. The van der Waals surface area contributed by atoms with Crippen LogP contribution in [0.4, 0.5) is 13.2 Å². The molecule has 1 heterocycles. The van der Waals surface area contributed by atoms with Crippen molar-refractivity contribution in [3.8, 4) is 0 Å². The summed E-state index contributed by atoms with van der Waals surface area (Å²) in [4.78, 5) is 12.1. The monoisotopic (exact) mass is 347 g/mol. The molecule has 3 atom stereocenters. The van der Waals surface area contributed by atoms with Crippen LogP contribution in [0, 0.1) is 5.92 Å². The molecule has 1 saturated heterocycles. The first kappa shape index (κ1) is 16.3. The molecule has 0 radical (unpaired) electrons. The zero-order chi connectivity index (χ0) is 16.8. The quantitative estimate of drug-likeness (QED) is 0.911. The van der Waals surface area contributed by atoms with Gasteiger partial charge >= 0.3 is 6.18 Å². The molecule has 1 aliphatic carbocycles. The molecule has 1 aliphatic heterocycles. The van der Waals surface area contributed by atoms with Crippen molar-refractivity contribution in [2.24, 2.45) is 5.92 Å². The number of nitrogens with one attached hydrogen (secondary N) is 1. The average molecular weight is 347 g/mol. The number of hydrogen-bond donors (Lipinski definition) is 1. The summed E-state index contributed by atoms with van der Waals surface area (Å²) in [6, 6.07) is 4.64. The van der Waals surface area contributed by atoms with Crippen molar-refractivity contribution in [1.82, 2.24) is 5.32 Å². The third kappa shape index (κ3) is 3.68. The summed E-state index contributed by atoms with van der Waals surface area (Å²) >= 11 is 0. The van der Waals surface area contributed by atoms with Gasteiger partial charge in [0.25, 0.3) is 0 Å². The third-order valence-electron chi connectivity index (χ3n) is 4.35. The minimum Gasteiger partial charge on any atom is -0.352 e. The second kappa shape index (κ2) is 5.51. The highest BCUT2D eigenvalue weighted by molar-refractivity contribution is 7.91. The molecule has 0 aromatic heterocycles. The number of benzene rings is 1. The molecule has 1 aromatic carbocycles. The standard InChI is InChI=1S/C15H16F3NO3S/c16-15(17,18)10-3-1-2-9(6-10)12-7-13(12)14(20)19-11-4-5-23(21,22)8-11/h1-3,6,11-13H,4-5,7-8H2,(H,19,20)/t11-,12-,13-/m1/s1. The van der Waals surface area contributed by atoms with E-state index in [1.807, 2.05) is 0 Å². The van der Waals surface area contributed by atoms with Crippen LogP contribution in [0.15, 0.2) is 24.3 Å². The number of sulfone groups is 1. The Morgan fingerprint density at radius 3 is 2.61 bits per heavy atom.